The van der Waals surface area contributed by atoms with Crippen molar-refractivity contribution in [2.75, 3.05) is 0 Å². The van der Waals surface area contributed by atoms with Crippen LogP contribution in [0.4, 0.5) is 0 Å². The topological polar surface area (TPSA) is 48.4 Å². The molecule has 0 saturated heterocycles. The van der Waals surface area contributed by atoms with Gasteiger partial charge in [0, 0.05) is 0 Å². The van der Waals surface area contributed by atoms with E-state index < -0.39 is 12.0 Å². The number of pyridine rings is 1. The van der Waals surface area contributed by atoms with E-state index in [1.54, 1.807) is 24.0 Å². The van der Waals surface area contributed by atoms with Gasteiger partial charge < -0.3 is 9.90 Å². The van der Waals surface area contributed by atoms with Gasteiger partial charge in [-0.2, -0.15) is 0 Å². The first-order valence-electron chi connectivity index (χ1n) is 4.37. The summed E-state index contributed by atoms with van der Waals surface area (Å²) in [6.07, 6.45) is 5.38. The highest BCUT2D eigenvalue weighted by atomic mass is 16.4. The Labute approximate surface area is 81.0 Å². The summed E-state index contributed by atoms with van der Waals surface area (Å²) in [6, 6.07) is 5.07. The molecule has 2 heterocycles. The van der Waals surface area contributed by atoms with E-state index in [1.165, 1.54) is 0 Å². The maximum atomic E-state index is 10.6. The molecule has 0 amide bonds. The average molecular weight is 190 g/mol. The summed E-state index contributed by atoms with van der Waals surface area (Å²) in [6.45, 7) is 1.59. The summed E-state index contributed by atoms with van der Waals surface area (Å²) >= 11 is 0. The monoisotopic (exact) mass is 190 g/mol. The quantitative estimate of drug-likeness (QED) is 0.601. The smallest absolute Gasteiger partial charge is 0.249 e. The lowest BCUT2D eigenvalue weighted by Gasteiger charge is -2.06. The van der Waals surface area contributed by atoms with Gasteiger partial charge in [-0.1, -0.05) is 6.07 Å². The molecule has 0 unspecified atom stereocenters. The summed E-state index contributed by atoms with van der Waals surface area (Å²) in [4.78, 5) is 10.6. The Kier molecular flexibility index (Phi) is 1.96. The van der Waals surface area contributed by atoms with Gasteiger partial charge in [0.05, 0.1) is 12.2 Å². The van der Waals surface area contributed by atoms with E-state index in [0.29, 0.717) is 0 Å². The minimum atomic E-state index is -1.08. The van der Waals surface area contributed by atoms with E-state index in [9.17, 15) is 9.90 Å². The number of aliphatic carboxylic acids is 1. The van der Waals surface area contributed by atoms with Crippen LogP contribution in [0.3, 0.4) is 0 Å². The van der Waals surface area contributed by atoms with Crippen molar-refractivity contribution in [3.63, 3.8) is 0 Å². The van der Waals surface area contributed by atoms with Gasteiger partial charge in [0.1, 0.15) is 12.2 Å². The van der Waals surface area contributed by atoms with Crippen molar-refractivity contribution >= 4 is 11.5 Å². The predicted octanol–water partition coefficient (Wildman–Crippen LogP) is -0.462. The number of hydrogen-bond acceptors (Lipinski definition) is 2. The SMILES string of the molecule is C[C@@H](C(=O)[O-])[n+]1cc2ccccn2c1. The number of aromatic nitrogens is 2. The molecule has 2 rings (SSSR count). The molecule has 0 radical (unpaired) electrons. The lowest BCUT2D eigenvalue weighted by Crippen LogP contribution is -2.46. The third kappa shape index (κ3) is 1.35. The molecule has 2 aromatic heterocycles. The molecule has 1 atom stereocenters. The van der Waals surface area contributed by atoms with E-state index in [-0.39, 0.29) is 0 Å². The van der Waals surface area contributed by atoms with Crippen LogP contribution in [0.5, 0.6) is 0 Å². The van der Waals surface area contributed by atoms with Crippen molar-refractivity contribution in [1.82, 2.24) is 4.40 Å². The Morgan fingerprint density at radius 2 is 2.36 bits per heavy atom. The van der Waals surface area contributed by atoms with Crippen molar-refractivity contribution in [1.29, 1.82) is 0 Å². The Morgan fingerprint density at radius 1 is 1.57 bits per heavy atom. The lowest BCUT2D eigenvalue weighted by atomic mass is 10.3. The number of imidazole rings is 1. The number of carboxylic acids is 1. The van der Waals surface area contributed by atoms with E-state index in [4.69, 9.17) is 0 Å². The van der Waals surface area contributed by atoms with Crippen LogP contribution in [0.25, 0.3) is 5.52 Å². The summed E-state index contributed by atoms with van der Waals surface area (Å²) in [5, 5.41) is 10.6. The van der Waals surface area contributed by atoms with Crippen LogP contribution in [0, 0.1) is 0 Å². The number of carbonyl (C=O) groups is 1. The Bertz CT molecular complexity index is 443. The molecule has 0 aromatic carbocycles. The third-order valence-electron chi connectivity index (χ3n) is 2.25. The van der Waals surface area contributed by atoms with Gasteiger partial charge in [0.2, 0.25) is 6.33 Å². The maximum absolute atomic E-state index is 10.6. The Morgan fingerprint density at radius 3 is 3.00 bits per heavy atom. The molecule has 4 heteroatoms. The fourth-order valence-electron chi connectivity index (χ4n) is 1.35. The van der Waals surface area contributed by atoms with Crippen molar-refractivity contribution in [2.24, 2.45) is 0 Å². The molecule has 0 N–H and O–H groups in total. The normalized spacial score (nSPS) is 12.9. The van der Waals surface area contributed by atoms with Crippen LogP contribution in [0.2, 0.25) is 0 Å². The first-order chi connectivity index (χ1) is 6.68. The van der Waals surface area contributed by atoms with Crippen molar-refractivity contribution in [2.45, 2.75) is 13.0 Å². The second-order valence-electron chi connectivity index (χ2n) is 3.22. The summed E-state index contributed by atoms with van der Waals surface area (Å²) in [5.41, 5.74) is 0.959. The van der Waals surface area contributed by atoms with Gasteiger partial charge in [-0.25, -0.2) is 8.97 Å². The Balaban J connectivity index is 2.50. The van der Waals surface area contributed by atoms with Crippen LogP contribution < -0.4 is 9.67 Å². The molecule has 0 aliphatic heterocycles. The minimum Gasteiger partial charge on any atom is -0.546 e. The third-order valence-corrected chi connectivity index (χ3v) is 2.25. The lowest BCUT2D eigenvalue weighted by molar-refractivity contribution is -0.711. The van der Waals surface area contributed by atoms with Crippen molar-refractivity contribution in [3.8, 4) is 0 Å². The minimum absolute atomic E-state index is 0.644. The number of hydrogen-bond donors (Lipinski definition) is 0. The zero-order valence-electron chi connectivity index (χ0n) is 7.75. The van der Waals surface area contributed by atoms with Crippen LogP contribution in [-0.2, 0) is 4.79 Å². The fourth-order valence-corrected chi connectivity index (χ4v) is 1.35. The van der Waals surface area contributed by atoms with Gasteiger partial charge in [-0.05, 0) is 19.1 Å². The fraction of sp³-hybridized carbons (Fsp3) is 0.200. The molecular weight excluding hydrogens is 180 g/mol. The summed E-state index contributed by atoms with van der Waals surface area (Å²) < 4.78 is 3.48. The number of fused-ring (bicyclic) bond motifs is 1. The van der Waals surface area contributed by atoms with Crippen molar-refractivity contribution < 1.29 is 14.5 Å². The molecule has 14 heavy (non-hydrogen) atoms. The van der Waals surface area contributed by atoms with E-state index in [0.717, 1.165) is 5.52 Å². The van der Waals surface area contributed by atoms with Gasteiger partial charge in [-0.15, -0.1) is 0 Å². The van der Waals surface area contributed by atoms with Crippen molar-refractivity contribution in [3.05, 3.63) is 36.9 Å². The zero-order valence-corrected chi connectivity index (χ0v) is 7.75. The van der Waals surface area contributed by atoms with Gasteiger partial charge >= 0.3 is 0 Å². The zero-order chi connectivity index (χ0) is 10.1. The van der Waals surface area contributed by atoms with E-state index in [1.807, 2.05) is 28.8 Å². The van der Waals surface area contributed by atoms with Crippen LogP contribution >= 0.6 is 0 Å². The van der Waals surface area contributed by atoms with Gasteiger partial charge in [0.25, 0.3) is 0 Å². The second kappa shape index (κ2) is 3.14. The molecular formula is C10H10N2O2. The first kappa shape index (κ1) is 8.74. The number of rotatable bonds is 2. The highest BCUT2D eigenvalue weighted by Crippen LogP contribution is 2.01. The first-order valence-corrected chi connectivity index (χ1v) is 4.37. The molecule has 0 aliphatic carbocycles. The largest absolute Gasteiger partial charge is 0.546 e. The molecule has 0 fully saturated rings. The highest BCUT2D eigenvalue weighted by molar-refractivity contribution is 5.66. The van der Waals surface area contributed by atoms with Gasteiger partial charge in [-0.3, -0.25) is 0 Å². The molecule has 2 aromatic rings. The van der Waals surface area contributed by atoms with Crippen LogP contribution in [-0.4, -0.2) is 10.4 Å². The highest BCUT2D eigenvalue weighted by Gasteiger charge is 2.12. The summed E-state index contributed by atoms with van der Waals surface area (Å²) in [7, 11) is 0. The summed E-state index contributed by atoms with van der Waals surface area (Å²) in [5.74, 6) is -1.08. The molecule has 0 saturated carbocycles. The standard InChI is InChI=1S/C10H10N2O2/c1-8(10(13)14)12-6-9-4-2-3-5-11(9)7-12/h2-8H,1H3/t8-/m0/s1. The Hall–Kier alpha value is -1.84. The molecule has 72 valence electrons. The van der Waals surface area contributed by atoms with Crippen LogP contribution in [0.1, 0.15) is 13.0 Å². The van der Waals surface area contributed by atoms with E-state index in [2.05, 4.69) is 0 Å². The molecule has 0 spiro atoms. The van der Waals surface area contributed by atoms with Gasteiger partial charge in [0.15, 0.2) is 5.52 Å². The molecule has 0 bridgehead atoms. The molecule has 4 nitrogen and oxygen atoms in total. The average Bonchev–Trinajstić information content (AvgIpc) is 2.59. The predicted molar refractivity (Wildman–Crippen MR) is 47.3 cm³/mol. The van der Waals surface area contributed by atoms with Crippen LogP contribution in [0.15, 0.2) is 36.9 Å². The maximum Gasteiger partial charge on any atom is 0.249 e. The number of carbonyl (C=O) groups excluding carboxylic acids is 1. The van der Waals surface area contributed by atoms with E-state index >= 15 is 0 Å². The molecule has 0 aliphatic rings. The number of carboxylic acid groups (broad SMARTS) is 1. The number of nitrogens with zero attached hydrogens (tertiary/aromatic N) is 2. The second-order valence-corrected chi connectivity index (χ2v) is 3.22.